The normalized spacial score (nSPS) is 20.7. The largest absolute Gasteiger partial charge is 0.360 e. The predicted octanol–water partition coefficient (Wildman–Crippen LogP) is 5.91. The molecule has 3 aromatic rings. The maximum Gasteiger partial charge on any atom is 0.257 e. The molecule has 1 saturated carbocycles. The van der Waals surface area contributed by atoms with Crippen LogP contribution in [0.1, 0.15) is 53.8 Å². The third-order valence-corrected chi connectivity index (χ3v) is 7.47. The Morgan fingerprint density at radius 1 is 1.12 bits per heavy atom. The minimum atomic E-state index is -0.143. The first-order valence-electron chi connectivity index (χ1n) is 11.6. The van der Waals surface area contributed by atoms with Crippen LogP contribution in [0.2, 0.25) is 5.02 Å². The number of amides is 1. The van der Waals surface area contributed by atoms with E-state index in [0.717, 1.165) is 38.5 Å². The molecule has 4 rings (SSSR count). The van der Waals surface area contributed by atoms with Crippen LogP contribution in [-0.2, 0) is 6.42 Å². The van der Waals surface area contributed by atoms with E-state index in [-0.39, 0.29) is 17.5 Å². The van der Waals surface area contributed by atoms with Crippen LogP contribution in [0.15, 0.2) is 59.1 Å². The summed E-state index contributed by atoms with van der Waals surface area (Å²) in [5.74, 6) is 0.360. The van der Waals surface area contributed by atoms with E-state index in [0.29, 0.717) is 27.6 Å². The summed E-state index contributed by atoms with van der Waals surface area (Å²) in [5, 5.41) is 7.92. The van der Waals surface area contributed by atoms with Crippen molar-refractivity contribution in [3.63, 3.8) is 0 Å². The summed E-state index contributed by atoms with van der Waals surface area (Å²) < 4.78 is 5.38. The van der Waals surface area contributed by atoms with Crippen molar-refractivity contribution in [1.29, 1.82) is 0 Å². The van der Waals surface area contributed by atoms with Crippen LogP contribution < -0.4 is 5.32 Å². The summed E-state index contributed by atoms with van der Waals surface area (Å²) in [6.07, 6.45) is 6.19. The highest BCUT2D eigenvalue weighted by Crippen LogP contribution is 2.37. The Labute approximate surface area is 201 Å². The Kier molecular flexibility index (Phi) is 7.20. The average molecular weight is 466 g/mol. The molecule has 0 unspecified atom stereocenters. The highest BCUT2D eigenvalue weighted by atomic mass is 35.5. The topological polar surface area (TPSA) is 58.4 Å². The molecule has 33 heavy (non-hydrogen) atoms. The van der Waals surface area contributed by atoms with Crippen molar-refractivity contribution in [2.75, 3.05) is 14.1 Å². The smallest absolute Gasteiger partial charge is 0.257 e. The van der Waals surface area contributed by atoms with Gasteiger partial charge in [-0.3, -0.25) is 4.79 Å². The van der Waals surface area contributed by atoms with Crippen LogP contribution in [0.3, 0.4) is 0 Å². The third kappa shape index (κ3) is 5.15. The first-order valence-corrected chi connectivity index (χ1v) is 12.0. The van der Waals surface area contributed by atoms with E-state index in [2.05, 4.69) is 59.8 Å². The van der Waals surface area contributed by atoms with Gasteiger partial charge < -0.3 is 14.7 Å². The van der Waals surface area contributed by atoms with Gasteiger partial charge in [0.05, 0.1) is 5.02 Å². The number of hydrogen-bond donors (Lipinski definition) is 1. The number of benzene rings is 2. The molecule has 2 aromatic carbocycles. The monoisotopic (exact) mass is 465 g/mol. The van der Waals surface area contributed by atoms with Gasteiger partial charge in [0.25, 0.3) is 5.91 Å². The molecule has 0 bridgehead atoms. The van der Waals surface area contributed by atoms with Gasteiger partial charge in [0.2, 0.25) is 0 Å². The first kappa shape index (κ1) is 23.5. The molecule has 1 aliphatic carbocycles. The summed E-state index contributed by atoms with van der Waals surface area (Å²) in [6, 6.07) is 18.2. The standard InChI is InChI=1S/C27H32ClN3O2/c1-19-24(25(30-33-19)22-11-7-8-12-23(22)28)26(32)29-21-14-17-27(18-15-21,31(2)3)16-13-20-9-5-4-6-10-20/h4-12,21H,13-18H2,1-3H3,(H,29,32). The van der Waals surface area contributed by atoms with Crippen molar-refractivity contribution in [2.24, 2.45) is 0 Å². The van der Waals surface area contributed by atoms with Gasteiger partial charge in [0.15, 0.2) is 0 Å². The average Bonchev–Trinajstić information content (AvgIpc) is 3.21. The van der Waals surface area contributed by atoms with Crippen LogP contribution in [0.5, 0.6) is 0 Å². The van der Waals surface area contributed by atoms with Crippen molar-refractivity contribution < 1.29 is 9.32 Å². The predicted molar refractivity (Wildman–Crippen MR) is 133 cm³/mol. The van der Waals surface area contributed by atoms with Crippen molar-refractivity contribution in [3.05, 3.63) is 76.5 Å². The molecule has 1 heterocycles. The van der Waals surface area contributed by atoms with Crippen LogP contribution >= 0.6 is 11.6 Å². The van der Waals surface area contributed by atoms with E-state index >= 15 is 0 Å². The molecule has 1 amide bonds. The zero-order valence-electron chi connectivity index (χ0n) is 19.6. The lowest BCUT2D eigenvalue weighted by Crippen LogP contribution is -2.51. The molecule has 1 aliphatic rings. The van der Waals surface area contributed by atoms with E-state index in [1.54, 1.807) is 13.0 Å². The lowest BCUT2D eigenvalue weighted by molar-refractivity contribution is 0.0717. The van der Waals surface area contributed by atoms with Crippen molar-refractivity contribution in [1.82, 2.24) is 15.4 Å². The third-order valence-electron chi connectivity index (χ3n) is 7.14. The van der Waals surface area contributed by atoms with Gasteiger partial charge in [-0.2, -0.15) is 0 Å². The lowest BCUT2D eigenvalue weighted by atomic mass is 9.75. The molecule has 5 nitrogen and oxygen atoms in total. The maximum atomic E-state index is 13.2. The number of nitrogens with one attached hydrogen (secondary N) is 1. The second kappa shape index (κ2) is 10.1. The highest BCUT2D eigenvalue weighted by Gasteiger charge is 2.37. The van der Waals surface area contributed by atoms with Gasteiger partial charge in [-0.25, -0.2) is 0 Å². The summed E-state index contributed by atoms with van der Waals surface area (Å²) >= 11 is 6.35. The summed E-state index contributed by atoms with van der Waals surface area (Å²) in [4.78, 5) is 15.6. The number of rotatable bonds is 7. The molecular weight excluding hydrogens is 434 g/mol. The van der Waals surface area contributed by atoms with E-state index in [1.807, 2.05) is 18.2 Å². The van der Waals surface area contributed by atoms with Gasteiger partial charge in [-0.1, -0.05) is 65.3 Å². The number of carbonyl (C=O) groups excluding carboxylic acids is 1. The number of aromatic nitrogens is 1. The number of hydrogen-bond acceptors (Lipinski definition) is 4. The fourth-order valence-corrected chi connectivity index (χ4v) is 5.20. The molecule has 0 saturated heterocycles. The van der Waals surface area contributed by atoms with Gasteiger partial charge in [-0.15, -0.1) is 0 Å². The molecule has 0 atom stereocenters. The van der Waals surface area contributed by atoms with Crippen molar-refractivity contribution in [3.8, 4) is 11.3 Å². The molecule has 1 aromatic heterocycles. The number of carbonyl (C=O) groups is 1. The minimum Gasteiger partial charge on any atom is -0.360 e. The fourth-order valence-electron chi connectivity index (χ4n) is 4.98. The molecule has 0 radical (unpaired) electrons. The molecule has 6 heteroatoms. The van der Waals surface area contributed by atoms with Crippen molar-refractivity contribution in [2.45, 2.75) is 57.0 Å². The zero-order chi connectivity index (χ0) is 23.4. The highest BCUT2D eigenvalue weighted by molar-refractivity contribution is 6.33. The Balaban J connectivity index is 1.42. The summed E-state index contributed by atoms with van der Waals surface area (Å²) in [5.41, 5.74) is 3.21. The van der Waals surface area contributed by atoms with Crippen LogP contribution in [0.25, 0.3) is 11.3 Å². The Bertz CT molecular complexity index is 1090. The number of aryl methyl sites for hydroxylation is 2. The lowest BCUT2D eigenvalue weighted by Gasteiger charge is -2.45. The maximum absolute atomic E-state index is 13.2. The molecule has 0 aliphatic heterocycles. The quantitative estimate of drug-likeness (QED) is 0.471. The van der Waals surface area contributed by atoms with Gasteiger partial charge in [-0.05, 0) is 71.2 Å². The molecular formula is C27H32ClN3O2. The zero-order valence-corrected chi connectivity index (χ0v) is 20.4. The van der Waals surface area contributed by atoms with Crippen LogP contribution in [0, 0.1) is 6.92 Å². The minimum absolute atomic E-state index is 0.135. The summed E-state index contributed by atoms with van der Waals surface area (Å²) in [7, 11) is 4.36. The second-order valence-corrected chi connectivity index (χ2v) is 9.70. The number of nitrogens with zero attached hydrogens (tertiary/aromatic N) is 2. The van der Waals surface area contributed by atoms with E-state index in [1.165, 1.54) is 5.56 Å². The van der Waals surface area contributed by atoms with E-state index in [4.69, 9.17) is 16.1 Å². The van der Waals surface area contributed by atoms with Crippen molar-refractivity contribution >= 4 is 17.5 Å². The molecule has 0 spiro atoms. The summed E-state index contributed by atoms with van der Waals surface area (Å²) in [6.45, 7) is 1.77. The van der Waals surface area contributed by atoms with Gasteiger partial charge in [0, 0.05) is 17.1 Å². The van der Waals surface area contributed by atoms with Crippen LogP contribution in [-0.4, -0.2) is 41.6 Å². The second-order valence-electron chi connectivity index (χ2n) is 9.29. The Morgan fingerprint density at radius 2 is 1.79 bits per heavy atom. The molecule has 1 fully saturated rings. The Morgan fingerprint density at radius 3 is 2.45 bits per heavy atom. The van der Waals surface area contributed by atoms with Gasteiger partial charge in [0.1, 0.15) is 17.0 Å². The van der Waals surface area contributed by atoms with Crippen LogP contribution in [0.4, 0.5) is 0 Å². The Hall–Kier alpha value is -2.63. The number of halogens is 1. The van der Waals surface area contributed by atoms with E-state index in [9.17, 15) is 4.79 Å². The first-order chi connectivity index (χ1) is 15.9. The fraction of sp³-hybridized carbons (Fsp3) is 0.407. The molecule has 1 N–H and O–H groups in total. The SMILES string of the molecule is Cc1onc(-c2ccccc2Cl)c1C(=O)NC1CCC(CCc2ccccc2)(N(C)C)CC1. The van der Waals surface area contributed by atoms with E-state index < -0.39 is 0 Å². The molecule has 174 valence electrons. The van der Waals surface area contributed by atoms with Gasteiger partial charge >= 0.3 is 0 Å².